The lowest BCUT2D eigenvalue weighted by atomic mass is 10.1. The molecule has 1 atom stereocenters. The average molecular weight is 365 g/mol. The first-order valence-electron chi connectivity index (χ1n) is 9.28. The molecule has 0 spiro atoms. The number of rotatable bonds is 6. The summed E-state index contributed by atoms with van der Waals surface area (Å²) < 4.78 is 13.5. The number of aromatic nitrogens is 3. The second kappa shape index (κ2) is 7.48. The molecule has 0 aliphatic carbocycles. The molecular weight excluding hydrogens is 342 g/mol. The van der Waals surface area contributed by atoms with Gasteiger partial charge in [0, 0.05) is 30.1 Å². The smallest absolute Gasteiger partial charge is 0.233 e. The van der Waals surface area contributed by atoms with Crippen LogP contribution < -0.4 is 4.74 Å². The quantitative estimate of drug-likeness (QED) is 0.626. The summed E-state index contributed by atoms with van der Waals surface area (Å²) in [6.07, 6.45) is 3.97. The van der Waals surface area contributed by atoms with E-state index in [2.05, 4.69) is 14.5 Å². The normalized spacial score (nSPS) is 16.7. The van der Waals surface area contributed by atoms with Gasteiger partial charge in [0.25, 0.3) is 0 Å². The predicted octanol–water partition coefficient (Wildman–Crippen LogP) is 3.49. The number of benzene rings is 1. The van der Waals surface area contributed by atoms with Crippen molar-refractivity contribution in [2.75, 3.05) is 13.2 Å². The molecule has 3 heterocycles. The summed E-state index contributed by atoms with van der Waals surface area (Å²) in [5, 5.41) is 0. The van der Waals surface area contributed by atoms with E-state index in [1.165, 1.54) is 0 Å². The fourth-order valence-electron chi connectivity index (χ4n) is 3.58. The Labute approximate surface area is 158 Å². The number of nitrogens with zero attached hydrogens (tertiary/aromatic N) is 3. The Kier molecular flexibility index (Phi) is 4.90. The van der Waals surface area contributed by atoms with Crippen LogP contribution >= 0.6 is 0 Å². The molecule has 4 rings (SSSR count). The van der Waals surface area contributed by atoms with Crippen molar-refractivity contribution >= 4 is 16.8 Å². The molecule has 0 N–H and O–H groups in total. The summed E-state index contributed by atoms with van der Waals surface area (Å²) in [5.41, 5.74) is 4.27. The topological polar surface area (TPSA) is 66.2 Å². The molecule has 1 saturated heterocycles. The second-order valence-corrected chi connectivity index (χ2v) is 6.94. The Morgan fingerprint density at radius 1 is 1.30 bits per heavy atom. The molecule has 140 valence electrons. The molecule has 6 heteroatoms. The van der Waals surface area contributed by atoms with Crippen LogP contribution in [-0.4, -0.2) is 39.6 Å². The zero-order chi connectivity index (χ0) is 18.8. The van der Waals surface area contributed by atoms with Crippen LogP contribution in [0.25, 0.3) is 11.0 Å². The van der Waals surface area contributed by atoms with Crippen molar-refractivity contribution in [3.63, 3.8) is 0 Å². The maximum absolute atomic E-state index is 12.7. The molecule has 0 saturated carbocycles. The van der Waals surface area contributed by atoms with Gasteiger partial charge in [-0.3, -0.25) is 4.79 Å². The number of fused-ring (bicyclic) bond motifs is 1. The minimum Gasteiger partial charge on any atom is -0.468 e. The molecule has 0 radical (unpaired) electrons. The van der Waals surface area contributed by atoms with Gasteiger partial charge in [0.05, 0.1) is 23.3 Å². The van der Waals surface area contributed by atoms with Gasteiger partial charge < -0.3 is 14.0 Å². The van der Waals surface area contributed by atoms with Gasteiger partial charge in [0.1, 0.15) is 0 Å². The van der Waals surface area contributed by atoms with Crippen LogP contribution in [0.5, 0.6) is 5.88 Å². The van der Waals surface area contributed by atoms with Crippen molar-refractivity contribution in [1.82, 2.24) is 14.5 Å². The van der Waals surface area contributed by atoms with Crippen LogP contribution in [0.15, 0.2) is 36.5 Å². The largest absolute Gasteiger partial charge is 0.468 e. The Morgan fingerprint density at radius 3 is 2.89 bits per heavy atom. The van der Waals surface area contributed by atoms with Gasteiger partial charge in [0.2, 0.25) is 11.7 Å². The van der Waals surface area contributed by atoms with E-state index >= 15 is 0 Å². The van der Waals surface area contributed by atoms with Gasteiger partial charge >= 0.3 is 0 Å². The standard InChI is InChI=1S/C21H23N3O3/c1-14-10-17(15(2)24(14)12-16-6-5-9-26-16)20(25)13-27-21-11-22-18-7-3-4-8-19(18)23-21/h3-4,7-8,10-11,16H,5-6,9,12-13H2,1-2H3/t16-/m0/s1. The SMILES string of the molecule is Cc1cc(C(=O)COc2cnc3ccccc3n2)c(C)n1C[C@@H]1CCCO1. The number of Topliss-reactive ketones (excluding diaryl/α,β-unsaturated/α-hetero) is 1. The number of hydrogen-bond acceptors (Lipinski definition) is 5. The van der Waals surface area contributed by atoms with Crippen molar-refractivity contribution < 1.29 is 14.3 Å². The van der Waals surface area contributed by atoms with Crippen LogP contribution in [0.1, 0.15) is 34.6 Å². The molecule has 2 aromatic heterocycles. The predicted molar refractivity (Wildman–Crippen MR) is 102 cm³/mol. The van der Waals surface area contributed by atoms with Crippen molar-refractivity contribution in [3.05, 3.63) is 53.5 Å². The highest BCUT2D eigenvalue weighted by Crippen LogP contribution is 2.21. The molecule has 6 nitrogen and oxygen atoms in total. The Balaban J connectivity index is 1.45. The number of ether oxygens (including phenoxy) is 2. The van der Waals surface area contributed by atoms with E-state index in [9.17, 15) is 4.79 Å². The summed E-state index contributed by atoms with van der Waals surface area (Å²) in [6, 6.07) is 9.50. The maximum Gasteiger partial charge on any atom is 0.233 e. The van der Waals surface area contributed by atoms with Gasteiger partial charge in [-0.15, -0.1) is 0 Å². The monoisotopic (exact) mass is 365 g/mol. The third kappa shape index (κ3) is 3.71. The number of para-hydroxylation sites is 2. The molecule has 27 heavy (non-hydrogen) atoms. The molecule has 1 aliphatic heterocycles. The first-order valence-corrected chi connectivity index (χ1v) is 9.28. The summed E-state index contributed by atoms with van der Waals surface area (Å²) in [7, 11) is 0. The molecule has 3 aromatic rings. The van der Waals surface area contributed by atoms with Crippen molar-refractivity contribution in [2.45, 2.75) is 39.3 Å². The third-order valence-corrected chi connectivity index (χ3v) is 5.06. The molecular formula is C21H23N3O3. The van der Waals surface area contributed by atoms with Gasteiger partial charge in [-0.1, -0.05) is 12.1 Å². The lowest BCUT2D eigenvalue weighted by Gasteiger charge is -2.14. The Hall–Kier alpha value is -2.73. The van der Waals surface area contributed by atoms with Crippen molar-refractivity contribution in [2.24, 2.45) is 0 Å². The number of carbonyl (C=O) groups is 1. The van der Waals surface area contributed by atoms with Gasteiger partial charge in [0.15, 0.2) is 6.61 Å². The van der Waals surface area contributed by atoms with E-state index in [4.69, 9.17) is 9.47 Å². The highest BCUT2D eigenvalue weighted by Gasteiger charge is 2.21. The fraction of sp³-hybridized carbons (Fsp3) is 0.381. The highest BCUT2D eigenvalue weighted by molar-refractivity contribution is 5.98. The Bertz CT molecular complexity index is 974. The molecule has 1 fully saturated rings. The highest BCUT2D eigenvalue weighted by atomic mass is 16.5. The van der Waals surface area contributed by atoms with Crippen LogP contribution in [0, 0.1) is 13.8 Å². The average Bonchev–Trinajstić information content (AvgIpc) is 3.30. The number of ketones is 1. The molecule has 0 bridgehead atoms. The first-order chi connectivity index (χ1) is 13.1. The van der Waals surface area contributed by atoms with E-state index in [1.807, 2.05) is 44.2 Å². The minimum absolute atomic E-state index is 0.0583. The molecule has 1 aliphatic rings. The Morgan fingerprint density at radius 2 is 2.11 bits per heavy atom. The summed E-state index contributed by atoms with van der Waals surface area (Å²) in [6.45, 7) is 5.56. The number of aryl methyl sites for hydroxylation is 1. The van der Waals surface area contributed by atoms with E-state index in [1.54, 1.807) is 6.20 Å². The zero-order valence-electron chi connectivity index (χ0n) is 15.6. The van der Waals surface area contributed by atoms with E-state index < -0.39 is 0 Å². The maximum atomic E-state index is 12.7. The van der Waals surface area contributed by atoms with E-state index in [-0.39, 0.29) is 18.5 Å². The summed E-state index contributed by atoms with van der Waals surface area (Å²) in [4.78, 5) is 21.4. The molecule has 0 unspecified atom stereocenters. The zero-order valence-corrected chi connectivity index (χ0v) is 15.6. The van der Waals surface area contributed by atoms with Crippen LogP contribution in [0.2, 0.25) is 0 Å². The van der Waals surface area contributed by atoms with Crippen LogP contribution in [0.4, 0.5) is 0 Å². The number of hydrogen-bond donors (Lipinski definition) is 0. The van der Waals surface area contributed by atoms with Crippen LogP contribution in [0.3, 0.4) is 0 Å². The first kappa shape index (κ1) is 17.7. The van der Waals surface area contributed by atoms with Crippen LogP contribution in [-0.2, 0) is 11.3 Å². The lowest BCUT2D eigenvalue weighted by Crippen LogP contribution is -2.18. The van der Waals surface area contributed by atoms with Gasteiger partial charge in [-0.2, -0.15) is 0 Å². The van der Waals surface area contributed by atoms with Gasteiger partial charge in [-0.05, 0) is 44.9 Å². The molecule has 1 aromatic carbocycles. The van der Waals surface area contributed by atoms with E-state index in [0.717, 1.165) is 48.4 Å². The van der Waals surface area contributed by atoms with Crippen molar-refractivity contribution in [3.8, 4) is 5.88 Å². The summed E-state index contributed by atoms with van der Waals surface area (Å²) >= 11 is 0. The van der Waals surface area contributed by atoms with Crippen molar-refractivity contribution in [1.29, 1.82) is 0 Å². The second-order valence-electron chi connectivity index (χ2n) is 6.94. The molecule has 0 amide bonds. The third-order valence-electron chi connectivity index (χ3n) is 5.06. The summed E-state index contributed by atoms with van der Waals surface area (Å²) in [5.74, 6) is 0.298. The fourth-order valence-corrected chi connectivity index (χ4v) is 3.58. The van der Waals surface area contributed by atoms with E-state index in [0.29, 0.717) is 11.4 Å². The lowest BCUT2D eigenvalue weighted by molar-refractivity contribution is 0.0911. The number of carbonyl (C=O) groups excluding carboxylic acids is 1. The van der Waals surface area contributed by atoms with Gasteiger partial charge in [-0.25, -0.2) is 9.97 Å². The minimum atomic E-state index is -0.0587.